The first kappa shape index (κ1) is 12.6. The zero-order valence-corrected chi connectivity index (χ0v) is 12.6. The van der Waals surface area contributed by atoms with Crippen LogP contribution in [0.1, 0.15) is 11.3 Å². The fourth-order valence-corrected chi connectivity index (χ4v) is 4.13. The molecular weight excluding hydrogens is 352 g/mol. The molecular formula is C12H12Br2OS. The summed E-state index contributed by atoms with van der Waals surface area (Å²) < 4.78 is 0. The minimum atomic E-state index is -0.813. The Morgan fingerprint density at radius 3 is 2.69 bits per heavy atom. The molecule has 16 heavy (non-hydrogen) atoms. The van der Waals surface area contributed by atoms with Gasteiger partial charge >= 0.3 is 0 Å². The van der Waals surface area contributed by atoms with Gasteiger partial charge in [-0.3, -0.25) is 0 Å². The van der Waals surface area contributed by atoms with Gasteiger partial charge in [0.2, 0.25) is 0 Å². The summed E-state index contributed by atoms with van der Waals surface area (Å²) in [4.78, 5) is 1.25. The number of halogens is 2. The fraction of sp³-hybridized carbons (Fsp3) is 0.333. The van der Waals surface area contributed by atoms with Gasteiger partial charge in [0.25, 0.3) is 0 Å². The molecule has 1 aromatic rings. The molecule has 0 aliphatic heterocycles. The molecule has 0 atom stereocenters. The van der Waals surface area contributed by atoms with Crippen molar-refractivity contribution in [2.75, 3.05) is 10.7 Å². The molecule has 0 fully saturated rings. The number of thiophene rings is 1. The van der Waals surface area contributed by atoms with Crippen LogP contribution >= 0.6 is 43.2 Å². The van der Waals surface area contributed by atoms with Gasteiger partial charge in [0, 0.05) is 15.5 Å². The normalized spacial score (nSPS) is 16.2. The maximum absolute atomic E-state index is 10.5. The van der Waals surface area contributed by atoms with Crippen LogP contribution in [0.25, 0.3) is 5.57 Å². The van der Waals surface area contributed by atoms with Gasteiger partial charge in [0.05, 0.1) is 0 Å². The van der Waals surface area contributed by atoms with E-state index in [9.17, 15) is 5.11 Å². The first-order chi connectivity index (χ1) is 7.71. The molecule has 0 unspecified atom stereocenters. The van der Waals surface area contributed by atoms with Crippen LogP contribution in [0.3, 0.4) is 0 Å². The second kappa shape index (κ2) is 5.17. The van der Waals surface area contributed by atoms with Gasteiger partial charge in [-0.2, -0.15) is 0 Å². The summed E-state index contributed by atoms with van der Waals surface area (Å²) in [7, 11) is 0. The van der Waals surface area contributed by atoms with E-state index in [1.54, 1.807) is 11.3 Å². The molecule has 1 nitrogen and oxygen atoms in total. The quantitative estimate of drug-likeness (QED) is 0.802. The number of hydrogen-bond donors (Lipinski definition) is 1. The average molecular weight is 364 g/mol. The maximum Gasteiger partial charge on any atom is 0.109 e. The van der Waals surface area contributed by atoms with Crippen molar-refractivity contribution in [3.63, 3.8) is 0 Å². The first-order valence-electron chi connectivity index (χ1n) is 4.99. The number of hydrogen-bond acceptors (Lipinski definition) is 2. The van der Waals surface area contributed by atoms with E-state index in [2.05, 4.69) is 49.4 Å². The molecule has 1 aromatic heterocycles. The summed E-state index contributed by atoms with van der Waals surface area (Å²) in [5.74, 6) is 0. The second-order valence-corrected chi connectivity index (χ2v) is 5.84. The summed E-state index contributed by atoms with van der Waals surface area (Å²) in [6.07, 6.45) is 5.07. The maximum atomic E-state index is 10.5. The molecule has 2 rings (SSSR count). The zero-order valence-electron chi connectivity index (χ0n) is 8.62. The lowest BCUT2D eigenvalue weighted by atomic mass is 9.94. The molecule has 0 saturated heterocycles. The van der Waals surface area contributed by atoms with Crippen molar-refractivity contribution in [3.8, 4) is 0 Å². The highest BCUT2D eigenvalue weighted by Gasteiger charge is 2.32. The van der Waals surface area contributed by atoms with Crippen LogP contribution in [0.2, 0.25) is 0 Å². The van der Waals surface area contributed by atoms with Gasteiger partial charge in [-0.25, -0.2) is 0 Å². The standard InChI is InChI=1S/C12H12Br2OS/c13-7-12(15,8-14)10-4-1-3-9(10)11-5-2-6-16-11/h1-2,4-6,15H,3,7-8H2. The highest BCUT2D eigenvalue weighted by atomic mass is 79.9. The van der Waals surface area contributed by atoms with Gasteiger partial charge in [-0.15, -0.1) is 11.3 Å². The minimum absolute atomic E-state index is 0.541. The predicted octanol–water partition coefficient (Wildman–Crippen LogP) is 3.98. The van der Waals surface area contributed by atoms with Gasteiger partial charge in [0.1, 0.15) is 5.60 Å². The van der Waals surface area contributed by atoms with E-state index in [0.29, 0.717) is 10.7 Å². The Labute approximate surface area is 116 Å². The Balaban J connectivity index is 2.44. The molecule has 1 aliphatic carbocycles. The Kier molecular flexibility index (Phi) is 4.06. The molecule has 0 bridgehead atoms. The molecule has 1 aliphatic rings. The monoisotopic (exact) mass is 362 g/mol. The minimum Gasteiger partial charge on any atom is -0.383 e. The lowest BCUT2D eigenvalue weighted by Gasteiger charge is -2.25. The summed E-state index contributed by atoms with van der Waals surface area (Å²) in [5, 5.41) is 13.7. The molecule has 86 valence electrons. The highest BCUT2D eigenvalue weighted by molar-refractivity contribution is 9.09. The summed E-state index contributed by atoms with van der Waals surface area (Å²) >= 11 is 8.50. The van der Waals surface area contributed by atoms with Crippen LogP contribution in [-0.4, -0.2) is 21.4 Å². The van der Waals surface area contributed by atoms with Crippen LogP contribution < -0.4 is 0 Å². The lowest BCUT2D eigenvalue weighted by Crippen LogP contribution is -2.34. The van der Waals surface area contributed by atoms with E-state index in [4.69, 9.17) is 0 Å². The van der Waals surface area contributed by atoms with Gasteiger partial charge in [-0.1, -0.05) is 50.1 Å². The van der Waals surface area contributed by atoms with Crippen LogP contribution in [0.4, 0.5) is 0 Å². The van der Waals surface area contributed by atoms with Crippen molar-refractivity contribution in [2.45, 2.75) is 12.0 Å². The Morgan fingerprint density at radius 2 is 2.12 bits per heavy atom. The zero-order chi connectivity index (χ0) is 11.6. The topological polar surface area (TPSA) is 20.2 Å². The lowest BCUT2D eigenvalue weighted by molar-refractivity contribution is 0.137. The van der Waals surface area contributed by atoms with E-state index in [1.807, 2.05) is 12.1 Å². The van der Waals surface area contributed by atoms with Gasteiger partial charge in [0.15, 0.2) is 0 Å². The number of alkyl halides is 2. The SMILES string of the molecule is OC(CBr)(CBr)C1=C(c2cccs2)CC=C1. The molecule has 0 amide bonds. The van der Waals surface area contributed by atoms with Crippen molar-refractivity contribution in [1.82, 2.24) is 0 Å². The molecule has 0 saturated carbocycles. The summed E-state index contributed by atoms with van der Waals surface area (Å²) in [6, 6.07) is 4.15. The van der Waals surface area contributed by atoms with Crippen molar-refractivity contribution in [1.29, 1.82) is 0 Å². The fourth-order valence-electron chi connectivity index (χ4n) is 1.80. The van der Waals surface area contributed by atoms with Crippen LogP contribution in [0, 0.1) is 0 Å². The Hall–Kier alpha value is 0.1000. The van der Waals surface area contributed by atoms with E-state index >= 15 is 0 Å². The first-order valence-corrected chi connectivity index (χ1v) is 8.12. The summed E-state index contributed by atoms with van der Waals surface area (Å²) in [6.45, 7) is 0. The van der Waals surface area contributed by atoms with E-state index in [-0.39, 0.29) is 0 Å². The number of aliphatic hydroxyl groups is 1. The van der Waals surface area contributed by atoms with E-state index < -0.39 is 5.60 Å². The van der Waals surface area contributed by atoms with Crippen molar-refractivity contribution in [3.05, 3.63) is 40.1 Å². The third kappa shape index (κ3) is 2.21. The van der Waals surface area contributed by atoms with Crippen molar-refractivity contribution in [2.24, 2.45) is 0 Å². The van der Waals surface area contributed by atoms with Crippen molar-refractivity contribution < 1.29 is 5.11 Å². The number of rotatable bonds is 4. The van der Waals surface area contributed by atoms with Gasteiger partial charge < -0.3 is 5.11 Å². The molecule has 1 N–H and O–H groups in total. The predicted molar refractivity (Wildman–Crippen MR) is 77.5 cm³/mol. The van der Waals surface area contributed by atoms with Crippen LogP contribution in [0.15, 0.2) is 35.2 Å². The van der Waals surface area contributed by atoms with E-state index in [0.717, 1.165) is 12.0 Å². The molecule has 0 aromatic carbocycles. The molecule has 1 heterocycles. The highest BCUT2D eigenvalue weighted by Crippen LogP contribution is 2.38. The molecule has 0 radical (unpaired) electrons. The van der Waals surface area contributed by atoms with Crippen LogP contribution in [-0.2, 0) is 0 Å². The molecule has 4 heteroatoms. The average Bonchev–Trinajstić information content (AvgIpc) is 2.97. The van der Waals surface area contributed by atoms with Gasteiger partial charge in [-0.05, 0) is 29.0 Å². The second-order valence-electron chi connectivity index (χ2n) is 3.77. The van der Waals surface area contributed by atoms with Crippen molar-refractivity contribution >= 4 is 48.8 Å². The third-order valence-electron chi connectivity index (χ3n) is 2.69. The largest absolute Gasteiger partial charge is 0.383 e. The Morgan fingerprint density at radius 1 is 1.38 bits per heavy atom. The third-order valence-corrected chi connectivity index (χ3v) is 5.48. The summed E-state index contributed by atoms with van der Waals surface area (Å²) in [5.41, 5.74) is 1.46. The smallest absolute Gasteiger partial charge is 0.109 e. The van der Waals surface area contributed by atoms with E-state index in [1.165, 1.54) is 10.5 Å². The van der Waals surface area contributed by atoms with Crippen LogP contribution in [0.5, 0.6) is 0 Å². The Bertz CT molecular complexity index is 416. The molecule has 0 spiro atoms. The number of allylic oxidation sites excluding steroid dienone is 2.